The quantitative estimate of drug-likeness (QED) is 0.625. The van der Waals surface area contributed by atoms with Gasteiger partial charge >= 0.3 is 0 Å². The average Bonchev–Trinajstić information content (AvgIpc) is 2.78. The number of anilines is 2. The van der Waals surface area contributed by atoms with Crippen LogP contribution in [0.3, 0.4) is 0 Å². The highest BCUT2D eigenvalue weighted by Crippen LogP contribution is 2.40. The number of nitrogen functional groups attached to an aromatic ring is 1. The molecule has 1 aromatic carbocycles. The summed E-state index contributed by atoms with van der Waals surface area (Å²) in [7, 11) is 0. The Morgan fingerprint density at radius 3 is 2.33 bits per heavy atom. The summed E-state index contributed by atoms with van der Waals surface area (Å²) in [6.45, 7) is 0. The lowest BCUT2D eigenvalue weighted by Crippen LogP contribution is -2.46. The van der Waals surface area contributed by atoms with Gasteiger partial charge in [-0.3, -0.25) is 14.5 Å². The van der Waals surface area contributed by atoms with Gasteiger partial charge in [0.25, 0.3) is 0 Å². The zero-order chi connectivity index (χ0) is 12.9. The Hall–Kier alpha value is -1.55. The van der Waals surface area contributed by atoms with Crippen LogP contribution < -0.4 is 10.6 Å². The maximum Gasteiger partial charge on any atom is 0.236 e. The van der Waals surface area contributed by atoms with Crippen LogP contribution in [0, 0.1) is 11.8 Å². The Kier molecular flexibility index (Phi) is 2.55. The summed E-state index contributed by atoms with van der Waals surface area (Å²) in [5, 5.41) is 0.367. The van der Waals surface area contributed by atoms with Crippen molar-refractivity contribution in [2.75, 3.05) is 10.6 Å². The van der Waals surface area contributed by atoms with E-state index in [1.807, 2.05) is 0 Å². The Morgan fingerprint density at radius 2 is 1.78 bits per heavy atom. The van der Waals surface area contributed by atoms with E-state index < -0.39 is 0 Å². The number of rotatable bonds is 1. The molecule has 0 radical (unpaired) electrons. The minimum absolute atomic E-state index is 0.0102. The maximum absolute atomic E-state index is 12.2. The van der Waals surface area contributed by atoms with Gasteiger partial charge in [0.2, 0.25) is 11.8 Å². The van der Waals surface area contributed by atoms with E-state index in [9.17, 15) is 9.59 Å². The number of carbonyl (C=O) groups is 2. The van der Waals surface area contributed by atoms with Crippen molar-refractivity contribution in [2.24, 2.45) is 11.8 Å². The van der Waals surface area contributed by atoms with Crippen LogP contribution in [0.1, 0.15) is 19.3 Å². The second-order valence-electron chi connectivity index (χ2n) is 4.92. The molecule has 1 heterocycles. The number of hydrogen-bond donors (Lipinski definition) is 1. The van der Waals surface area contributed by atoms with Crippen LogP contribution in [0.2, 0.25) is 5.02 Å². The highest BCUT2D eigenvalue weighted by atomic mass is 35.5. The first-order chi connectivity index (χ1) is 8.58. The number of carbonyl (C=O) groups excluding carboxylic acids is 2. The first-order valence-electron chi connectivity index (χ1n) is 6.01. The van der Waals surface area contributed by atoms with E-state index in [-0.39, 0.29) is 23.7 Å². The molecule has 0 aromatic heterocycles. The number of fused-ring (bicyclic) bond motifs is 2. The predicted molar refractivity (Wildman–Crippen MR) is 69.2 cm³/mol. The molecular weight excluding hydrogens is 252 g/mol. The largest absolute Gasteiger partial charge is 0.398 e. The third-order valence-corrected chi connectivity index (χ3v) is 4.14. The number of imide groups is 1. The van der Waals surface area contributed by atoms with Crippen LogP contribution in [0.25, 0.3) is 0 Å². The molecule has 94 valence electrons. The van der Waals surface area contributed by atoms with Gasteiger partial charge in [-0.2, -0.15) is 0 Å². The van der Waals surface area contributed by atoms with Crippen LogP contribution in [0.4, 0.5) is 11.4 Å². The summed E-state index contributed by atoms with van der Waals surface area (Å²) < 4.78 is 0. The van der Waals surface area contributed by atoms with Crippen molar-refractivity contribution < 1.29 is 9.59 Å². The van der Waals surface area contributed by atoms with E-state index in [0.717, 1.165) is 12.8 Å². The molecule has 4 nitrogen and oxygen atoms in total. The lowest BCUT2D eigenvalue weighted by Gasteiger charge is -2.29. The van der Waals surface area contributed by atoms with Gasteiger partial charge in [-0.05, 0) is 37.5 Å². The summed E-state index contributed by atoms with van der Waals surface area (Å²) in [6, 6.07) is 4.87. The van der Waals surface area contributed by atoms with Crippen molar-refractivity contribution in [3.05, 3.63) is 23.2 Å². The number of piperidine rings is 1. The molecule has 5 heteroatoms. The van der Waals surface area contributed by atoms with Crippen molar-refractivity contribution in [3.8, 4) is 0 Å². The fourth-order valence-corrected chi connectivity index (χ4v) is 2.99. The molecule has 0 spiro atoms. The molecule has 1 aromatic rings. The SMILES string of the molecule is Nc1ccc(N2C(=O)C3CCC(C3)C2=O)cc1Cl. The van der Waals surface area contributed by atoms with Crippen molar-refractivity contribution in [2.45, 2.75) is 19.3 Å². The number of halogens is 1. The molecule has 2 amide bonds. The van der Waals surface area contributed by atoms with E-state index >= 15 is 0 Å². The van der Waals surface area contributed by atoms with Gasteiger partial charge in [0, 0.05) is 11.8 Å². The molecule has 1 saturated heterocycles. The second kappa shape index (κ2) is 3.99. The molecule has 2 aliphatic rings. The van der Waals surface area contributed by atoms with Crippen molar-refractivity contribution in [1.29, 1.82) is 0 Å². The molecule has 2 unspecified atom stereocenters. The number of benzene rings is 1. The molecule has 2 fully saturated rings. The Morgan fingerprint density at radius 1 is 1.17 bits per heavy atom. The topological polar surface area (TPSA) is 63.4 Å². The lowest BCUT2D eigenvalue weighted by molar-refractivity contribution is -0.132. The van der Waals surface area contributed by atoms with E-state index in [4.69, 9.17) is 17.3 Å². The summed E-state index contributed by atoms with van der Waals surface area (Å²) in [5.41, 5.74) is 6.61. The van der Waals surface area contributed by atoms with Gasteiger partial charge in [0.05, 0.1) is 16.4 Å². The third kappa shape index (κ3) is 1.60. The van der Waals surface area contributed by atoms with E-state index in [0.29, 0.717) is 22.8 Å². The van der Waals surface area contributed by atoms with Gasteiger partial charge in [-0.25, -0.2) is 0 Å². The van der Waals surface area contributed by atoms with Crippen molar-refractivity contribution in [1.82, 2.24) is 0 Å². The van der Waals surface area contributed by atoms with E-state index in [1.165, 1.54) is 4.90 Å². The fourth-order valence-electron chi connectivity index (χ4n) is 2.81. The molecular formula is C13H13ClN2O2. The van der Waals surface area contributed by atoms with Gasteiger partial charge < -0.3 is 5.73 Å². The first kappa shape index (κ1) is 11.5. The van der Waals surface area contributed by atoms with Crippen LogP contribution in [0.15, 0.2) is 18.2 Å². The summed E-state index contributed by atoms with van der Waals surface area (Å²) >= 11 is 5.94. The molecule has 1 saturated carbocycles. The normalized spacial score (nSPS) is 26.8. The molecule has 3 rings (SSSR count). The maximum atomic E-state index is 12.2. The Bertz CT molecular complexity index is 522. The van der Waals surface area contributed by atoms with E-state index in [1.54, 1.807) is 18.2 Å². The van der Waals surface area contributed by atoms with E-state index in [2.05, 4.69) is 0 Å². The second-order valence-corrected chi connectivity index (χ2v) is 5.33. The highest BCUT2D eigenvalue weighted by molar-refractivity contribution is 6.33. The van der Waals surface area contributed by atoms with Crippen molar-refractivity contribution >= 4 is 34.8 Å². The standard InChI is InChI=1S/C13H13ClN2O2/c14-10-6-9(3-4-11(10)15)16-12(17)7-1-2-8(5-7)13(16)18/h3-4,6-8H,1-2,5,15H2. The van der Waals surface area contributed by atoms with Gasteiger partial charge in [-0.15, -0.1) is 0 Å². The smallest absolute Gasteiger partial charge is 0.236 e. The first-order valence-corrected chi connectivity index (χ1v) is 6.38. The molecule has 2 bridgehead atoms. The van der Waals surface area contributed by atoms with Crippen LogP contribution in [-0.4, -0.2) is 11.8 Å². The number of amides is 2. The van der Waals surface area contributed by atoms with Crippen LogP contribution >= 0.6 is 11.6 Å². The summed E-state index contributed by atoms with van der Waals surface area (Å²) in [6.07, 6.45) is 2.33. The number of nitrogens with zero attached hydrogens (tertiary/aromatic N) is 1. The third-order valence-electron chi connectivity index (χ3n) is 3.81. The minimum atomic E-state index is -0.102. The van der Waals surface area contributed by atoms with Crippen LogP contribution in [-0.2, 0) is 9.59 Å². The van der Waals surface area contributed by atoms with Gasteiger partial charge in [0.1, 0.15) is 0 Å². The Labute approximate surface area is 110 Å². The number of nitrogens with two attached hydrogens (primary N) is 1. The molecule has 18 heavy (non-hydrogen) atoms. The van der Waals surface area contributed by atoms with Gasteiger partial charge in [0.15, 0.2) is 0 Å². The summed E-state index contributed by atoms with van der Waals surface area (Å²) in [5.74, 6) is -0.225. The minimum Gasteiger partial charge on any atom is -0.398 e. The zero-order valence-corrected chi connectivity index (χ0v) is 10.5. The zero-order valence-electron chi connectivity index (χ0n) is 9.73. The molecule has 2 N–H and O–H groups in total. The van der Waals surface area contributed by atoms with Crippen LogP contribution in [0.5, 0.6) is 0 Å². The Balaban J connectivity index is 2.02. The summed E-state index contributed by atoms with van der Waals surface area (Å²) in [4.78, 5) is 25.7. The predicted octanol–water partition coefficient (Wildman–Crippen LogP) is 2.21. The monoisotopic (exact) mass is 264 g/mol. The molecule has 2 atom stereocenters. The fraction of sp³-hybridized carbons (Fsp3) is 0.385. The molecule has 1 aliphatic heterocycles. The lowest BCUT2D eigenvalue weighted by atomic mass is 9.96. The average molecular weight is 265 g/mol. The highest BCUT2D eigenvalue weighted by Gasteiger charge is 2.45. The van der Waals surface area contributed by atoms with Crippen molar-refractivity contribution in [3.63, 3.8) is 0 Å². The molecule has 1 aliphatic carbocycles. The van der Waals surface area contributed by atoms with Gasteiger partial charge in [-0.1, -0.05) is 11.6 Å². The number of hydrogen-bond acceptors (Lipinski definition) is 3.